The molecule has 0 bridgehead atoms. The van der Waals surface area contributed by atoms with Gasteiger partial charge >= 0.3 is 0 Å². The van der Waals surface area contributed by atoms with Crippen LogP contribution in [0.4, 0.5) is 10.2 Å². The van der Waals surface area contributed by atoms with Crippen LogP contribution in [0.5, 0.6) is 5.75 Å². The highest BCUT2D eigenvalue weighted by Gasteiger charge is 2.36. The van der Waals surface area contributed by atoms with Crippen LogP contribution < -0.4 is 15.8 Å². The number of nitrogens with two attached hydrogens (primary N) is 1. The summed E-state index contributed by atoms with van der Waals surface area (Å²) in [6.45, 7) is 2.05. The predicted molar refractivity (Wildman–Crippen MR) is 114 cm³/mol. The van der Waals surface area contributed by atoms with Crippen molar-refractivity contribution in [2.75, 3.05) is 12.3 Å². The molecule has 1 aliphatic rings. The van der Waals surface area contributed by atoms with Crippen LogP contribution in [-0.4, -0.2) is 37.4 Å². The first-order valence-corrected chi connectivity index (χ1v) is 10.2. The molecule has 1 saturated heterocycles. The third-order valence-corrected chi connectivity index (χ3v) is 5.84. The van der Waals surface area contributed by atoms with Crippen LogP contribution >= 0.6 is 23.2 Å². The zero-order valence-corrected chi connectivity index (χ0v) is 17.9. The molecule has 8 nitrogen and oxygen atoms in total. The van der Waals surface area contributed by atoms with Gasteiger partial charge in [0, 0.05) is 47.1 Å². The number of hydrogen-bond acceptors (Lipinski definition) is 7. The summed E-state index contributed by atoms with van der Waals surface area (Å²) in [7, 11) is 0. The minimum Gasteiger partial charge on any atom is -0.482 e. The molecule has 3 heterocycles. The lowest BCUT2D eigenvalue weighted by atomic mass is 10.1. The molecule has 1 aromatic carbocycles. The fourth-order valence-corrected chi connectivity index (χ4v) is 4.18. The van der Waals surface area contributed by atoms with Gasteiger partial charge in [0.1, 0.15) is 11.9 Å². The molecule has 1 aliphatic heterocycles. The highest BCUT2D eigenvalue weighted by atomic mass is 35.5. The van der Waals surface area contributed by atoms with Crippen LogP contribution in [0.25, 0.3) is 11.1 Å². The molecule has 5 N–H and O–H groups in total. The number of nitrogens with zero attached hydrogens (tertiary/aromatic N) is 3. The average Bonchev–Trinajstić information content (AvgIpc) is 3.33. The number of rotatable bonds is 5. The smallest absolute Gasteiger partial charge is 0.224 e. The number of aliphatic hydroxyl groups is 2. The van der Waals surface area contributed by atoms with E-state index in [9.17, 15) is 14.6 Å². The van der Waals surface area contributed by atoms with Gasteiger partial charge in [-0.1, -0.05) is 23.2 Å². The lowest BCUT2D eigenvalue weighted by Crippen LogP contribution is -2.38. The highest BCUT2D eigenvalue weighted by Crippen LogP contribution is 2.37. The van der Waals surface area contributed by atoms with Gasteiger partial charge in [-0.3, -0.25) is 10.00 Å². The van der Waals surface area contributed by atoms with Crippen molar-refractivity contribution in [2.45, 2.75) is 31.4 Å². The average molecular weight is 468 g/mol. The molecule has 0 spiro atoms. The van der Waals surface area contributed by atoms with Gasteiger partial charge in [-0.15, -0.1) is 0 Å². The summed E-state index contributed by atoms with van der Waals surface area (Å²) in [5, 5.41) is 26.4. The van der Waals surface area contributed by atoms with Crippen molar-refractivity contribution < 1.29 is 19.3 Å². The van der Waals surface area contributed by atoms with Crippen LogP contribution in [0.2, 0.25) is 10.0 Å². The number of pyridine rings is 1. The zero-order valence-electron chi connectivity index (χ0n) is 16.4. The fourth-order valence-electron chi connectivity index (χ4n) is 3.50. The van der Waals surface area contributed by atoms with Gasteiger partial charge in [-0.05, 0) is 25.1 Å². The second-order valence-corrected chi connectivity index (χ2v) is 8.17. The van der Waals surface area contributed by atoms with E-state index in [1.165, 1.54) is 12.1 Å². The van der Waals surface area contributed by atoms with E-state index in [-0.39, 0.29) is 34.1 Å². The van der Waals surface area contributed by atoms with Crippen molar-refractivity contribution in [3.63, 3.8) is 0 Å². The summed E-state index contributed by atoms with van der Waals surface area (Å²) in [4.78, 5) is 4.18. The van der Waals surface area contributed by atoms with Crippen LogP contribution in [0, 0.1) is 5.82 Å². The maximum Gasteiger partial charge on any atom is 0.224 e. The number of benzene rings is 1. The Morgan fingerprint density at radius 3 is 2.81 bits per heavy atom. The molecular weight excluding hydrogens is 448 g/mol. The van der Waals surface area contributed by atoms with Crippen molar-refractivity contribution >= 4 is 29.0 Å². The summed E-state index contributed by atoms with van der Waals surface area (Å²) in [6.07, 6.45) is 4.40. The maximum absolute atomic E-state index is 13.9. The lowest BCUT2D eigenvalue weighted by molar-refractivity contribution is -0.172. The molecule has 164 valence electrons. The monoisotopic (exact) mass is 467 g/mol. The van der Waals surface area contributed by atoms with Gasteiger partial charge in [-0.2, -0.15) is 5.10 Å². The molecular formula is C20H20Cl2FN5O3. The molecule has 2 unspecified atom stereocenters. The van der Waals surface area contributed by atoms with Crippen molar-refractivity contribution in [1.29, 1.82) is 0 Å². The second kappa shape index (κ2) is 8.25. The number of nitrogens with one attached hydrogen (secondary N) is 1. The Hall–Kier alpha value is -2.43. The van der Waals surface area contributed by atoms with Crippen molar-refractivity contribution in [3.05, 3.63) is 58.2 Å². The van der Waals surface area contributed by atoms with Crippen molar-refractivity contribution in [2.24, 2.45) is 0 Å². The van der Waals surface area contributed by atoms with Gasteiger partial charge in [-0.25, -0.2) is 9.37 Å². The topological polar surface area (TPSA) is 118 Å². The van der Waals surface area contributed by atoms with Crippen LogP contribution in [0.15, 0.2) is 36.8 Å². The third-order valence-electron chi connectivity index (χ3n) is 5.12. The third kappa shape index (κ3) is 4.46. The Morgan fingerprint density at radius 1 is 1.32 bits per heavy atom. The van der Waals surface area contributed by atoms with E-state index >= 15 is 0 Å². The van der Waals surface area contributed by atoms with Gasteiger partial charge in [0.05, 0.1) is 17.3 Å². The van der Waals surface area contributed by atoms with Gasteiger partial charge in [0.2, 0.25) is 5.91 Å². The Morgan fingerprint density at radius 2 is 2.10 bits per heavy atom. The molecule has 2 atom stereocenters. The van der Waals surface area contributed by atoms with Crippen molar-refractivity contribution in [3.8, 4) is 16.9 Å². The Bertz CT molecular complexity index is 1120. The number of halogens is 3. The molecule has 0 saturated carbocycles. The first-order valence-electron chi connectivity index (χ1n) is 9.44. The van der Waals surface area contributed by atoms with E-state index in [4.69, 9.17) is 33.7 Å². The summed E-state index contributed by atoms with van der Waals surface area (Å²) >= 11 is 12.3. The predicted octanol–water partition coefficient (Wildman–Crippen LogP) is 3.29. The highest BCUT2D eigenvalue weighted by molar-refractivity contribution is 6.36. The van der Waals surface area contributed by atoms with Crippen LogP contribution in [0.1, 0.15) is 31.1 Å². The van der Waals surface area contributed by atoms with E-state index in [0.29, 0.717) is 17.7 Å². The summed E-state index contributed by atoms with van der Waals surface area (Å²) in [5.41, 5.74) is 7.71. The fraction of sp³-hybridized carbons (Fsp3) is 0.300. The van der Waals surface area contributed by atoms with E-state index in [1.54, 1.807) is 36.3 Å². The number of nitrogen functional groups attached to an aromatic ring is 1. The Kier molecular flexibility index (Phi) is 5.80. The van der Waals surface area contributed by atoms with Gasteiger partial charge in [0.25, 0.3) is 0 Å². The Balaban J connectivity index is 1.58. The minimum atomic E-state index is -1.91. The second-order valence-electron chi connectivity index (χ2n) is 7.39. The first kappa shape index (κ1) is 21.8. The molecule has 1 fully saturated rings. The summed E-state index contributed by atoms with van der Waals surface area (Å²) in [6, 6.07) is 4.08. The number of anilines is 1. The largest absolute Gasteiger partial charge is 0.482 e. The molecule has 0 radical (unpaired) electrons. The number of hydrogen-bond donors (Lipinski definition) is 4. The van der Waals surface area contributed by atoms with E-state index in [0.717, 1.165) is 5.56 Å². The van der Waals surface area contributed by atoms with Crippen LogP contribution in [-0.2, 0) is 0 Å². The molecule has 4 rings (SSSR count). The summed E-state index contributed by atoms with van der Waals surface area (Å²) < 4.78 is 21.4. The molecule has 0 aliphatic carbocycles. The maximum atomic E-state index is 13.9. The Labute approximate surface area is 187 Å². The minimum absolute atomic E-state index is 0.106. The molecule has 2 aromatic heterocycles. The SMILES string of the molecule is CC(Oc1cc(-c2cnn(C3CNC(O)(O)C3)c2)cnc1N)c1c(Cl)ccc(F)c1Cl. The zero-order chi connectivity index (χ0) is 22.3. The molecule has 11 heteroatoms. The van der Waals surface area contributed by atoms with Gasteiger partial charge in [0.15, 0.2) is 11.6 Å². The molecule has 31 heavy (non-hydrogen) atoms. The quantitative estimate of drug-likeness (QED) is 0.335. The number of aromatic nitrogens is 3. The number of ether oxygens (including phenoxy) is 1. The van der Waals surface area contributed by atoms with E-state index in [2.05, 4.69) is 15.4 Å². The standard InChI is InChI=1S/C20H20Cl2FN5O3/c1-10(17-14(21)2-3-15(23)18(17)22)31-16-4-11(6-25-19(16)24)12-7-27-28(9-12)13-5-20(29,30)26-8-13/h2-4,6-7,9-10,13,26,29-30H,5,8H2,1H3,(H2,24,25). The van der Waals surface area contributed by atoms with Gasteiger partial charge < -0.3 is 20.7 Å². The molecule has 0 amide bonds. The van der Waals surface area contributed by atoms with E-state index in [1.807, 2.05) is 0 Å². The first-order chi connectivity index (χ1) is 14.6. The normalized spacial score (nSPS) is 18.8. The van der Waals surface area contributed by atoms with E-state index < -0.39 is 17.8 Å². The molecule has 3 aromatic rings. The summed E-state index contributed by atoms with van der Waals surface area (Å²) in [5.74, 6) is -2.07. The van der Waals surface area contributed by atoms with Crippen molar-refractivity contribution in [1.82, 2.24) is 20.1 Å². The van der Waals surface area contributed by atoms with Crippen LogP contribution in [0.3, 0.4) is 0 Å². The lowest BCUT2D eigenvalue weighted by Gasteiger charge is -2.19.